The molecule has 0 aliphatic heterocycles. The van der Waals surface area contributed by atoms with Crippen LogP contribution in [0.4, 0.5) is 0 Å². The van der Waals surface area contributed by atoms with Gasteiger partial charge in [-0.1, -0.05) is 4.49 Å². The Hall–Kier alpha value is 1.39. The Labute approximate surface area is 89.2 Å². The number of aromatic nitrogens is 2. The molecule has 0 saturated carbocycles. The zero-order valence-corrected chi connectivity index (χ0v) is 10.7. The zero-order chi connectivity index (χ0) is 7.98. The normalized spacial score (nSPS) is 7.80. The molecule has 1 aromatic rings. The molecule has 0 atom stereocenters. The molecule has 1 rings (SSSR count). The SMILES string of the molecule is Sc1nnsc1S.[S]=[Mo]=[S]. The van der Waals surface area contributed by atoms with Gasteiger partial charge in [0.1, 0.15) is 9.24 Å². The molecular weight excluding hydrogens is 308 g/mol. The first-order valence-electron chi connectivity index (χ1n) is 1.84. The molecule has 0 bridgehead atoms. The Morgan fingerprint density at radius 1 is 1.40 bits per heavy atom. The first-order chi connectivity index (χ1) is 4.72. The van der Waals surface area contributed by atoms with Crippen molar-refractivity contribution in [1.82, 2.24) is 9.59 Å². The molecule has 0 aromatic carbocycles. The summed E-state index contributed by atoms with van der Waals surface area (Å²) in [6.45, 7) is 0. The van der Waals surface area contributed by atoms with Crippen molar-refractivity contribution in [2.75, 3.05) is 0 Å². The Morgan fingerprint density at radius 3 is 2.00 bits per heavy atom. The maximum absolute atomic E-state index is 4.34. The van der Waals surface area contributed by atoms with Crippen molar-refractivity contribution in [1.29, 1.82) is 0 Å². The number of thiol groups is 2. The van der Waals surface area contributed by atoms with E-state index in [4.69, 9.17) is 0 Å². The van der Waals surface area contributed by atoms with Gasteiger partial charge in [-0.3, -0.25) is 0 Å². The third-order valence-electron chi connectivity index (χ3n) is 0.454. The van der Waals surface area contributed by atoms with Gasteiger partial charge < -0.3 is 0 Å². The summed E-state index contributed by atoms with van der Waals surface area (Å²) in [5.41, 5.74) is 0. The second-order valence-corrected chi connectivity index (χ2v) is 6.45. The van der Waals surface area contributed by atoms with E-state index >= 15 is 0 Å². The Balaban J connectivity index is 0.000000236. The minimum absolute atomic E-state index is 0.363. The topological polar surface area (TPSA) is 25.8 Å². The predicted molar refractivity (Wildman–Crippen MR) is 49.6 cm³/mol. The van der Waals surface area contributed by atoms with Crippen molar-refractivity contribution in [2.24, 2.45) is 0 Å². The van der Waals surface area contributed by atoms with Gasteiger partial charge in [-0.05, 0) is 11.5 Å². The van der Waals surface area contributed by atoms with Crippen molar-refractivity contribution >= 4 is 56.4 Å². The van der Waals surface area contributed by atoms with Gasteiger partial charge in [0.05, 0.1) is 0 Å². The molecule has 0 unspecified atom stereocenters. The molecule has 0 saturated heterocycles. The van der Waals surface area contributed by atoms with Crippen LogP contribution in [0.3, 0.4) is 0 Å². The van der Waals surface area contributed by atoms with Gasteiger partial charge in [0.25, 0.3) is 0 Å². The summed E-state index contributed by atoms with van der Waals surface area (Å²) in [5, 5.41) is 4.18. The van der Waals surface area contributed by atoms with Crippen LogP contribution in [-0.2, 0) is 14.9 Å². The van der Waals surface area contributed by atoms with Gasteiger partial charge in [-0.25, -0.2) is 0 Å². The second kappa shape index (κ2) is 7.06. The molecule has 1 heterocycles. The Bertz CT molecular complexity index is 211. The molecule has 0 aliphatic carbocycles. The van der Waals surface area contributed by atoms with Gasteiger partial charge in [-0.15, -0.1) is 30.4 Å². The maximum atomic E-state index is 4.34. The summed E-state index contributed by atoms with van der Waals surface area (Å²) in [5.74, 6) is 0. The standard InChI is InChI=1S/C2H2N2S3.Mo.2S/c5-1-2(6)7-4-3-1;;;/h5-6H;;;. The van der Waals surface area contributed by atoms with E-state index in [1.54, 1.807) is 0 Å². The molecule has 0 N–H and O–H groups in total. The average molecular weight is 310 g/mol. The molecule has 0 fully saturated rings. The molecule has 0 amide bonds. The molecule has 0 aliphatic rings. The third-order valence-corrected chi connectivity index (χ3v) is 2.08. The summed E-state index contributed by atoms with van der Waals surface area (Å²) in [4.78, 5) is 0. The Kier molecular flexibility index (Phi) is 8.04. The molecule has 2 nitrogen and oxygen atoms in total. The summed E-state index contributed by atoms with van der Waals surface area (Å²) in [6.07, 6.45) is 0. The van der Waals surface area contributed by atoms with Crippen LogP contribution in [0.15, 0.2) is 9.24 Å². The molecule has 0 spiro atoms. The monoisotopic (exact) mass is 312 g/mol. The average Bonchev–Trinajstić information content (AvgIpc) is 2.19. The summed E-state index contributed by atoms with van der Waals surface area (Å²) in [7, 11) is 8.68. The Morgan fingerprint density at radius 2 is 1.90 bits per heavy atom. The van der Waals surface area contributed by atoms with Crippen molar-refractivity contribution in [2.45, 2.75) is 9.24 Å². The van der Waals surface area contributed by atoms with E-state index in [1.165, 1.54) is 11.5 Å². The van der Waals surface area contributed by atoms with Crippen molar-refractivity contribution in [3.8, 4) is 0 Å². The van der Waals surface area contributed by atoms with Crippen molar-refractivity contribution < 1.29 is 14.9 Å². The minimum atomic E-state index is -0.363. The second-order valence-electron chi connectivity index (χ2n) is 0.970. The van der Waals surface area contributed by atoms with Crippen LogP contribution in [0.5, 0.6) is 0 Å². The number of nitrogens with zero attached hydrogens (tertiary/aromatic N) is 2. The summed E-state index contributed by atoms with van der Waals surface area (Å²) < 4.78 is 4.33. The fraction of sp³-hybridized carbons (Fsp3) is 0. The fourth-order valence-corrected chi connectivity index (χ4v) is 0.886. The van der Waals surface area contributed by atoms with E-state index in [0.717, 1.165) is 4.21 Å². The van der Waals surface area contributed by atoms with Crippen molar-refractivity contribution in [3.05, 3.63) is 0 Å². The quantitative estimate of drug-likeness (QED) is 0.568. The molecule has 1 aromatic heterocycles. The van der Waals surface area contributed by atoms with Crippen molar-refractivity contribution in [3.63, 3.8) is 0 Å². The molecule has 10 heavy (non-hydrogen) atoms. The number of rotatable bonds is 0. The van der Waals surface area contributed by atoms with E-state index in [9.17, 15) is 0 Å². The number of hydrogen-bond acceptors (Lipinski definition) is 7. The summed E-state index contributed by atoms with van der Waals surface area (Å²) >= 11 is 8.74. The molecular formula is C2H2MoN2S5. The first-order valence-corrected chi connectivity index (χ1v) is 9.09. The van der Waals surface area contributed by atoms with Crippen LogP contribution < -0.4 is 0 Å². The van der Waals surface area contributed by atoms with Gasteiger partial charge in [0, 0.05) is 0 Å². The first kappa shape index (κ1) is 11.4. The zero-order valence-electron chi connectivity index (χ0n) is 4.42. The van der Waals surface area contributed by atoms with E-state index in [2.05, 4.69) is 54.5 Å². The molecule has 56 valence electrons. The van der Waals surface area contributed by atoms with Crippen LogP contribution in [-0.4, -0.2) is 9.59 Å². The van der Waals surface area contributed by atoms with E-state index in [-0.39, 0.29) is 14.9 Å². The predicted octanol–water partition coefficient (Wildman–Crippen LogP) is 2.41. The van der Waals surface area contributed by atoms with Gasteiger partial charge in [-0.2, -0.15) is 0 Å². The molecule has 8 heteroatoms. The van der Waals surface area contributed by atoms with Gasteiger partial charge in [0.2, 0.25) is 0 Å². The van der Waals surface area contributed by atoms with Crippen LogP contribution in [0.25, 0.3) is 0 Å². The number of hydrogen-bond donors (Lipinski definition) is 2. The van der Waals surface area contributed by atoms with Crippen LogP contribution in [0, 0.1) is 0 Å². The van der Waals surface area contributed by atoms with Crippen LogP contribution in [0.1, 0.15) is 0 Å². The van der Waals surface area contributed by atoms with E-state index in [1.807, 2.05) is 0 Å². The van der Waals surface area contributed by atoms with Gasteiger partial charge in [0.15, 0.2) is 0 Å². The third kappa shape index (κ3) is 5.09. The van der Waals surface area contributed by atoms with Crippen LogP contribution >= 0.6 is 56.4 Å². The molecule has 0 radical (unpaired) electrons. The van der Waals surface area contributed by atoms with Gasteiger partial charge >= 0.3 is 34.6 Å². The summed E-state index contributed by atoms with van der Waals surface area (Å²) in [6, 6.07) is 0. The van der Waals surface area contributed by atoms with E-state index < -0.39 is 0 Å². The van der Waals surface area contributed by atoms with Crippen LogP contribution in [0.2, 0.25) is 0 Å². The fourth-order valence-electron chi connectivity index (χ4n) is 0.181. The van der Waals surface area contributed by atoms with E-state index in [0.29, 0.717) is 5.03 Å².